The second-order valence-corrected chi connectivity index (χ2v) is 10.1. The molecule has 5 rings (SSSR count). The van der Waals surface area contributed by atoms with Gasteiger partial charge in [0.2, 0.25) is 5.91 Å². The van der Waals surface area contributed by atoms with E-state index in [1.165, 1.54) is 15.7 Å². The maximum absolute atomic E-state index is 14.0. The summed E-state index contributed by atoms with van der Waals surface area (Å²) in [6, 6.07) is 11.6. The topological polar surface area (TPSA) is 95.1 Å². The summed E-state index contributed by atoms with van der Waals surface area (Å²) in [7, 11) is 1.70. The molecule has 9 nitrogen and oxygen atoms in total. The summed E-state index contributed by atoms with van der Waals surface area (Å²) in [6.07, 6.45) is -0.645. The Morgan fingerprint density at radius 2 is 1.84 bits per heavy atom. The first kappa shape index (κ1) is 30.4. The molecule has 0 N–H and O–H groups in total. The number of hydrogen-bond acceptors (Lipinski definition) is 6. The van der Waals surface area contributed by atoms with Crippen LogP contribution in [0.5, 0.6) is 5.75 Å². The van der Waals surface area contributed by atoms with Crippen LogP contribution in [-0.2, 0) is 31.0 Å². The highest BCUT2D eigenvalue weighted by Crippen LogP contribution is 2.32. The summed E-state index contributed by atoms with van der Waals surface area (Å²) >= 11 is 0. The second-order valence-electron chi connectivity index (χ2n) is 10.1. The maximum atomic E-state index is 14.0. The SMILES string of the molecule is CCOc1ccc(-n2c([C@@H](C)N(Cc3cnn(C)c3)C(=O)Cc3ccc(F)c(C(F)(F)F)c3)nc3ncccc3c2=O)cc1. The van der Waals surface area contributed by atoms with E-state index < -0.39 is 41.5 Å². The first-order valence-electron chi connectivity index (χ1n) is 13.7. The Labute approximate surface area is 249 Å². The van der Waals surface area contributed by atoms with E-state index in [0.29, 0.717) is 35.7 Å². The molecule has 0 aliphatic rings. The van der Waals surface area contributed by atoms with E-state index in [1.54, 1.807) is 67.4 Å². The van der Waals surface area contributed by atoms with Crippen molar-refractivity contribution in [2.45, 2.75) is 39.0 Å². The molecule has 0 fully saturated rings. The molecule has 13 heteroatoms. The Morgan fingerprint density at radius 3 is 2.50 bits per heavy atom. The second kappa shape index (κ2) is 12.3. The number of aromatic nitrogens is 5. The normalized spacial score (nSPS) is 12.3. The van der Waals surface area contributed by atoms with Gasteiger partial charge in [0.05, 0.1) is 41.9 Å². The van der Waals surface area contributed by atoms with E-state index in [-0.39, 0.29) is 29.0 Å². The van der Waals surface area contributed by atoms with Gasteiger partial charge >= 0.3 is 6.18 Å². The molecular weight excluding hydrogens is 580 g/mol. The van der Waals surface area contributed by atoms with Gasteiger partial charge in [0, 0.05) is 31.5 Å². The lowest BCUT2D eigenvalue weighted by Gasteiger charge is -2.30. The number of benzene rings is 2. The lowest BCUT2D eigenvalue weighted by Crippen LogP contribution is -2.38. The lowest BCUT2D eigenvalue weighted by atomic mass is 10.1. The van der Waals surface area contributed by atoms with Crippen molar-refractivity contribution in [2.75, 3.05) is 6.61 Å². The summed E-state index contributed by atoms with van der Waals surface area (Å²) < 4.78 is 62.6. The summed E-state index contributed by atoms with van der Waals surface area (Å²) in [5, 5.41) is 4.41. The number of carbonyl (C=O) groups excluding carboxylic acids is 1. The molecule has 0 saturated carbocycles. The van der Waals surface area contributed by atoms with Gasteiger partial charge in [-0.15, -0.1) is 0 Å². The van der Waals surface area contributed by atoms with Crippen molar-refractivity contribution in [3.05, 3.63) is 112 Å². The van der Waals surface area contributed by atoms with Crippen LogP contribution in [0.2, 0.25) is 0 Å². The van der Waals surface area contributed by atoms with Crippen molar-refractivity contribution in [3.63, 3.8) is 0 Å². The average Bonchev–Trinajstić information content (AvgIpc) is 3.41. The molecule has 1 amide bonds. The first-order chi connectivity index (χ1) is 21.0. The summed E-state index contributed by atoms with van der Waals surface area (Å²) in [6.45, 7) is 3.97. The van der Waals surface area contributed by atoms with Crippen LogP contribution in [0.25, 0.3) is 16.7 Å². The van der Waals surface area contributed by atoms with Crippen LogP contribution in [0.4, 0.5) is 17.6 Å². The molecule has 0 aliphatic heterocycles. The van der Waals surface area contributed by atoms with Crippen molar-refractivity contribution in [1.29, 1.82) is 0 Å². The minimum absolute atomic E-state index is 0.000562. The monoisotopic (exact) mass is 608 g/mol. The summed E-state index contributed by atoms with van der Waals surface area (Å²) in [5.74, 6) is -1.23. The van der Waals surface area contributed by atoms with Crippen molar-refractivity contribution >= 4 is 16.9 Å². The predicted molar refractivity (Wildman–Crippen MR) is 154 cm³/mol. The number of alkyl halides is 3. The molecule has 0 spiro atoms. The Balaban J connectivity index is 1.61. The predicted octanol–water partition coefficient (Wildman–Crippen LogP) is 5.40. The van der Waals surface area contributed by atoms with Gasteiger partial charge in [-0.25, -0.2) is 14.4 Å². The van der Waals surface area contributed by atoms with Gasteiger partial charge in [-0.1, -0.05) is 6.07 Å². The number of halogens is 4. The van der Waals surface area contributed by atoms with Crippen LogP contribution >= 0.6 is 0 Å². The van der Waals surface area contributed by atoms with Crippen molar-refractivity contribution < 1.29 is 27.1 Å². The number of fused-ring (bicyclic) bond motifs is 1. The van der Waals surface area contributed by atoms with Crippen LogP contribution in [-0.4, -0.2) is 41.7 Å². The van der Waals surface area contributed by atoms with E-state index in [9.17, 15) is 27.2 Å². The third kappa shape index (κ3) is 6.31. The maximum Gasteiger partial charge on any atom is 0.419 e. The molecule has 0 bridgehead atoms. The highest BCUT2D eigenvalue weighted by atomic mass is 19.4. The molecule has 0 saturated heterocycles. The number of pyridine rings is 1. The molecule has 0 unspecified atom stereocenters. The Bertz CT molecular complexity index is 1870. The molecule has 44 heavy (non-hydrogen) atoms. The molecule has 228 valence electrons. The molecule has 2 aromatic carbocycles. The van der Waals surface area contributed by atoms with E-state index >= 15 is 0 Å². The standard InChI is InChI=1S/C31H28F4N6O3/c1-4-44-23-10-8-22(9-11-23)41-29(38-28-24(30(41)43)6-5-13-36-28)19(2)40(18-21-16-37-39(3)17-21)27(42)15-20-7-12-26(32)25(14-20)31(33,34)35/h5-14,16-17,19H,4,15,18H2,1-3H3/t19-/m1/s1. The average molecular weight is 609 g/mol. The van der Waals surface area contributed by atoms with Gasteiger partial charge < -0.3 is 9.64 Å². The molecule has 3 aromatic heterocycles. The number of nitrogens with zero attached hydrogens (tertiary/aromatic N) is 6. The number of aryl methyl sites for hydroxylation is 1. The van der Waals surface area contributed by atoms with Crippen molar-refractivity contribution in [1.82, 2.24) is 29.2 Å². The third-order valence-electron chi connectivity index (χ3n) is 7.04. The first-order valence-corrected chi connectivity index (χ1v) is 13.7. The van der Waals surface area contributed by atoms with E-state index in [0.717, 1.165) is 6.07 Å². The van der Waals surface area contributed by atoms with Gasteiger partial charge in [-0.2, -0.15) is 18.3 Å². The van der Waals surface area contributed by atoms with Crippen molar-refractivity contribution in [3.8, 4) is 11.4 Å². The fourth-order valence-electron chi connectivity index (χ4n) is 4.93. The van der Waals surface area contributed by atoms with Gasteiger partial charge in [0.15, 0.2) is 5.65 Å². The summed E-state index contributed by atoms with van der Waals surface area (Å²) in [4.78, 5) is 38.1. The largest absolute Gasteiger partial charge is 0.494 e. The van der Waals surface area contributed by atoms with Gasteiger partial charge in [-0.3, -0.25) is 18.8 Å². The Kier molecular flexibility index (Phi) is 8.47. The number of rotatable bonds is 9. The molecular formula is C31H28F4N6O3. The Morgan fingerprint density at radius 1 is 1.09 bits per heavy atom. The fourth-order valence-corrected chi connectivity index (χ4v) is 4.93. The number of ether oxygens (including phenoxy) is 1. The van der Waals surface area contributed by atoms with Crippen LogP contribution < -0.4 is 10.3 Å². The fraction of sp³-hybridized carbons (Fsp3) is 0.258. The molecule has 3 heterocycles. The molecule has 5 aromatic rings. The molecule has 1 atom stereocenters. The minimum atomic E-state index is -4.93. The number of carbonyl (C=O) groups is 1. The van der Waals surface area contributed by atoms with Crippen LogP contribution in [0.3, 0.4) is 0 Å². The third-order valence-corrected chi connectivity index (χ3v) is 7.04. The quantitative estimate of drug-likeness (QED) is 0.208. The van der Waals surface area contributed by atoms with Crippen LogP contribution in [0.1, 0.15) is 42.4 Å². The zero-order chi connectivity index (χ0) is 31.6. The van der Waals surface area contributed by atoms with Crippen LogP contribution in [0, 0.1) is 5.82 Å². The lowest BCUT2D eigenvalue weighted by molar-refractivity contribution is -0.140. The molecule has 0 radical (unpaired) electrons. The number of amides is 1. The van der Waals surface area contributed by atoms with Crippen LogP contribution in [0.15, 0.2) is 78.0 Å². The zero-order valence-electron chi connectivity index (χ0n) is 24.0. The number of hydrogen-bond donors (Lipinski definition) is 0. The Hall–Kier alpha value is -5.07. The zero-order valence-corrected chi connectivity index (χ0v) is 24.0. The highest BCUT2D eigenvalue weighted by molar-refractivity contribution is 5.79. The minimum Gasteiger partial charge on any atom is -0.494 e. The van der Waals surface area contributed by atoms with E-state index in [4.69, 9.17) is 9.72 Å². The van der Waals surface area contributed by atoms with Gasteiger partial charge in [0.1, 0.15) is 17.4 Å². The van der Waals surface area contributed by atoms with Crippen molar-refractivity contribution in [2.24, 2.45) is 7.05 Å². The summed E-state index contributed by atoms with van der Waals surface area (Å²) in [5.41, 5.74) is -0.636. The molecule has 0 aliphatic carbocycles. The van der Waals surface area contributed by atoms with E-state index in [1.807, 2.05) is 6.92 Å². The smallest absolute Gasteiger partial charge is 0.419 e. The highest BCUT2D eigenvalue weighted by Gasteiger charge is 2.35. The van der Waals surface area contributed by atoms with Gasteiger partial charge in [-0.05, 0) is 67.9 Å². The van der Waals surface area contributed by atoms with E-state index in [2.05, 4.69) is 10.1 Å². The van der Waals surface area contributed by atoms with Gasteiger partial charge in [0.25, 0.3) is 5.56 Å².